The summed E-state index contributed by atoms with van der Waals surface area (Å²) < 4.78 is 19.7. The molecule has 0 aliphatic carbocycles. The fourth-order valence-electron chi connectivity index (χ4n) is 1.49. The number of nitrogens with zero attached hydrogens (tertiary/aromatic N) is 1. The van der Waals surface area contributed by atoms with Crippen LogP contribution in [0.1, 0.15) is 38.1 Å². The van der Waals surface area contributed by atoms with E-state index < -0.39 is 20.2 Å². The summed E-state index contributed by atoms with van der Waals surface area (Å²) in [6.45, 7) is 12.7. The molecule has 1 aromatic rings. The molecule has 6 heteroatoms. The van der Waals surface area contributed by atoms with Gasteiger partial charge < -0.3 is 4.43 Å². The fourth-order valence-corrected chi connectivity index (χ4v) is 2.72. The van der Waals surface area contributed by atoms with E-state index in [0.717, 1.165) is 0 Å². The summed E-state index contributed by atoms with van der Waals surface area (Å²) in [4.78, 5) is 15.7. The third kappa shape index (κ3) is 4.59. The SMILES string of the molecule is CC(CO[Si](C)(C)C(C)(C)C)C(=O)c1ccc(Cl)nc1F. The minimum atomic E-state index is -1.92. The van der Waals surface area contributed by atoms with Crippen LogP contribution >= 0.6 is 11.6 Å². The van der Waals surface area contributed by atoms with Crippen molar-refractivity contribution in [2.24, 2.45) is 5.92 Å². The van der Waals surface area contributed by atoms with Gasteiger partial charge in [-0.25, -0.2) is 4.98 Å². The highest BCUT2D eigenvalue weighted by molar-refractivity contribution is 6.74. The predicted octanol–water partition coefficient (Wildman–Crippen LogP) is 4.71. The first-order valence-electron chi connectivity index (χ1n) is 6.96. The van der Waals surface area contributed by atoms with E-state index in [0.29, 0.717) is 0 Å². The lowest BCUT2D eigenvalue weighted by atomic mass is 10.0. The van der Waals surface area contributed by atoms with Crippen LogP contribution in [0.15, 0.2) is 12.1 Å². The van der Waals surface area contributed by atoms with E-state index in [1.165, 1.54) is 12.1 Å². The zero-order chi connectivity index (χ0) is 16.4. The number of aromatic nitrogens is 1. The fraction of sp³-hybridized carbons (Fsp3) is 0.600. The van der Waals surface area contributed by atoms with Crippen LogP contribution in [0.3, 0.4) is 0 Å². The van der Waals surface area contributed by atoms with Gasteiger partial charge in [-0.3, -0.25) is 4.79 Å². The van der Waals surface area contributed by atoms with E-state index in [1.807, 2.05) is 0 Å². The standard InChI is InChI=1S/C15H23ClFNO2Si/c1-10(9-20-21(5,6)15(2,3)4)13(19)11-7-8-12(16)18-14(11)17/h7-8,10H,9H2,1-6H3. The second-order valence-electron chi connectivity index (χ2n) is 6.81. The Balaban J connectivity index is 2.76. The molecule has 0 amide bonds. The molecule has 0 spiro atoms. The van der Waals surface area contributed by atoms with Gasteiger partial charge in [0.2, 0.25) is 5.95 Å². The first-order valence-corrected chi connectivity index (χ1v) is 10.2. The molecule has 1 atom stereocenters. The van der Waals surface area contributed by atoms with Crippen LogP contribution in [0.5, 0.6) is 0 Å². The molecule has 0 saturated heterocycles. The van der Waals surface area contributed by atoms with Gasteiger partial charge in [-0.15, -0.1) is 0 Å². The van der Waals surface area contributed by atoms with Crippen LogP contribution in [0.2, 0.25) is 23.3 Å². The monoisotopic (exact) mass is 331 g/mol. The highest BCUT2D eigenvalue weighted by Gasteiger charge is 2.37. The van der Waals surface area contributed by atoms with Crippen molar-refractivity contribution in [2.75, 3.05) is 6.61 Å². The molecule has 1 aromatic heterocycles. The molecule has 0 aliphatic heterocycles. The lowest BCUT2D eigenvalue weighted by Crippen LogP contribution is -2.42. The number of Topliss-reactive ketones (excluding diaryl/α,β-unsaturated/α-hetero) is 1. The minimum absolute atomic E-state index is 0.0363. The van der Waals surface area contributed by atoms with E-state index in [-0.39, 0.29) is 28.1 Å². The van der Waals surface area contributed by atoms with E-state index in [9.17, 15) is 9.18 Å². The Morgan fingerprint density at radius 2 is 2.00 bits per heavy atom. The molecule has 0 radical (unpaired) electrons. The molecule has 1 heterocycles. The zero-order valence-electron chi connectivity index (χ0n) is 13.5. The molecule has 0 saturated carbocycles. The van der Waals surface area contributed by atoms with Crippen LogP contribution in [0.25, 0.3) is 0 Å². The van der Waals surface area contributed by atoms with Crippen molar-refractivity contribution in [3.8, 4) is 0 Å². The maximum Gasteiger partial charge on any atom is 0.225 e. The second kappa shape index (κ2) is 6.54. The van der Waals surface area contributed by atoms with Crippen LogP contribution in [-0.2, 0) is 4.43 Å². The second-order valence-corrected chi connectivity index (χ2v) is 12.0. The van der Waals surface area contributed by atoms with Gasteiger partial charge in [0.25, 0.3) is 0 Å². The van der Waals surface area contributed by atoms with Crippen LogP contribution in [0.4, 0.5) is 4.39 Å². The number of rotatable bonds is 5. The third-order valence-corrected chi connectivity index (χ3v) is 8.74. The number of carbonyl (C=O) groups is 1. The predicted molar refractivity (Wildman–Crippen MR) is 85.8 cm³/mol. The average molecular weight is 332 g/mol. The van der Waals surface area contributed by atoms with Crippen molar-refractivity contribution in [2.45, 2.75) is 45.8 Å². The molecule has 1 rings (SSSR count). The molecule has 21 heavy (non-hydrogen) atoms. The molecule has 0 bridgehead atoms. The van der Waals surface area contributed by atoms with Crippen molar-refractivity contribution in [3.05, 3.63) is 28.8 Å². The molecule has 0 N–H and O–H groups in total. The number of ketones is 1. The largest absolute Gasteiger partial charge is 0.416 e. The maximum absolute atomic E-state index is 13.7. The Kier molecular flexibility index (Phi) is 5.69. The zero-order valence-corrected chi connectivity index (χ0v) is 15.2. The van der Waals surface area contributed by atoms with Gasteiger partial charge in [0, 0.05) is 12.5 Å². The van der Waals surface area contributed by atoms with Gasteiger partial charge in [-0.05, 0) is 30.3 Å². The summed E-state index contributed by atoms with van der Waals surface area (Å²) in [5.74, 6) is -1.56. The number of hydrogen-bond acceptors (Lipinski definition) is 3. The van der Waals surface area contributed by atoms with E-state index >= 15 is 0 Å². The lowest BCUT2D eigenvalue weighted by molar-refractivity contribution is 0.0877. The first-order chi connectivity index (χ1) is 9.45. The smallest absolute Gasteiger partial charge is 0.225 e. The Bertz CT molecular complexity index is 529. The summed E-state index contributed by atoms with van der Waals surface area (Å²) in [7, 11) is -1.92. The van der Waals surface area contributed by atoms with Gasteiger partial charge in [-0.2, -0.15) is 4.39 Å². The molecule has 118 valence electrons. The number of pyridine rings is 1. The Morgan fingerprint density at radius 1 is 1.43 bits per heavy atom. The molecule has 1 unspecified atom stereocenters. The summed E-state index contributed by atoms with van der Waals surface area (Å²) in [6.07, 6.45) is 0. The summed E-state index contributed by atoms with van der Waals surface area (Å²) >= 11 is 5.59. The highest BCUT2D eigenvalue weighted by Crippen LogP contribution is 2.36. The van der Waals surface area contributed by atoms with Gasteiger partial charge in [-0.1, -0.05) is 39.3 Å². The van der Waals surface area contributed by atoms with Gasteiger partial charge in [0.05, 0.1) is 5.56 Å². The van der Waals surface area contributed by atoms with Crippen LogP contribution in [-0.4, -0.2) is 25.7 Å². The van der Waals surface area contributed by atoms with Crippen LogP contribution in [0, 0.1) is 11.9 Å². The normalized spacial score (nSPS) is 14.1. The summed E-state index contributed by atoms with van der Waals surface area (Å²) in [6, 6.07) is 2.79. The Labute approximate surface area is 132 Å². The number of halogens is 2. The van der Waals surface area contributed by atoms with Crippen LogP contribution < -0.4 is 0 Å². The molecular weight excluding hydrogens is 309 g/mol. The molecule has 3 nitrogen and oxygen atoms in total. The Morgan fingerprint density at radius 3 is 2.48 bits per heavy atom. The van der Waals surface area contributed by atoms with Gasteiger partial charge in [0.1, 0.15) is 5.15 Å². The van der Waals surface area contributed by atoms with Gasteiger partial charge in [0.15, 0.2) is 14.1 Å². The molecular formula is C15H23ClFNO2Si. The van der Waals surface area contributed by atoms with E-state index in [4.69, 9.17) is 16.0 Å². The van der Waals surface area contributed by atoms with E-state index in [1.54, 1.807) is 6.92 Å². The van der Waals surface area contributed by atoms with Crippen molar-refractivity contribution in [1.29, 1.82) is 0 Å². The van der Waals surface area contributed by atoms with Crippen molar-refractivity contribution in [3.63, 3.8) is 0 Å². The quantitative estimate of drug-likeness (QED) is 0.445. The van der Waals surface area contributed by atoms with Gasteiger partial charge >= 0.3 is 0 Å². The van der Waals surface area contributed by atoms with E-state index in [2.05, 4.69) is 38.8 Å². The molecule has 0 aromatic carbocycles. The minimum Gasteiger partial charge on any atom is -0.416 e. The molecule has 0 aliphatic rings. The maximum atomic E-state index is 13.7. The topological polar surface area (TPSA) is 39.2 Å². The highest BCUT2D eigenvalue weighted by atomic mass is 35.5. The number of hydrogen-bond donors (Lipinski definition) is 0. The summed E-state index contributed by atoms with van der Waals surface area (Å²) in [5, 5.41) is 0.109. The van der Waals surface area contributed by atoms with Crippen molar-refractivity contribution >= 4 is 25.7 Å². The summed E-state index contributed by atoms with van der Waals surface area (Å²) in [5.41, 5.74) is -0.0364. The molecule has 0 fully saturated rings. The van der Waals surface area contributed by atoms with Crippen molar-refractivity contribution < 1.29 is 13.6 Å². The third-order valence-electron chi connectivity index (χ3n) is 4.03. The average Bonchev–Trinajstić information content (AvgIpc) is 2.34. The Hall–Kier alpha value is -0.783. The van der Waals surface area contributed by atoms with Crippen molar-refractivity contribution in [1.82, 2.24) is 4.98 Å². The lowest BCUT2D eigenvalue weighted by Gasteiger charge is -2.36. The first kappa shape index (κ1) is 18.3. The number of carbonyl (C=O) groups excluding carboxylic acids is 1.